The Morgan fingerprint density at radius 1 is 1.44 bits per heavy atom. The molecule has 2 N–H and O–H groups in total. The Labute approximate surface area is 110 Å². The molecule has 0 saturated carbocycles. The van der Waals surface area contributed by atoms with Gasteiger partial charge in [0.1, 0.15) is 5.82 Å². The average Bonchev–Trinajstić information content (AvgIpc) is 2.61. The normalized spacial score (nSPS) is 10.9. The quantitative estimate of drug-likeness (QED) is 0.929. The molecular formula is C13H15ClFN3. The summed E-state index contributed by atoms with van der Waals surface area (Å²) in [5, 5.41) is 4.86. The molecule has 2 aromatic rings. The van der Waals surface area contributed by atoms with E-state index in [4.69, 9.17) is 17.3 Å². The Hall–Kier alpha value is -1.39. The first-order chi connectivity index (χ1) is 8.54. The summed E-state index contributed by atoms with van der Waals surface area (Å²) >= 11 is 5.91. The Morgan fingerprint density at radius 3 is 2.83 bits per heavy atom. The van der Waals surface area contributed by atoms with Crippen LogP contribution in [0.3, 0.4) is 0 Å². The second-order valence-corrected chi connectivity index (χ2v) is 4.64. The molecule has 0 spiro atoms. The molecule has 18 heavy (non-hydrogen) atoms. The third kappa shape index (κ3) is 2.26. The standard InChI is InChI=1S/C13H15ClFN3/c1-8-12(5-6-16)18(2)17-13(8)10-7-9(14)3-4-11(10)15/h3-4,7H,5-6,16H2,1-2H3. The Balaban J connectivity index is 2.57. The van der Waals surface area contributed by atoms with Gasteiger partial charge in [0.05, 0.1) is 5.69 Å². The minimum absolute atomic E-state index is 0.320. The van der Waals surface area contributed by atoms with E-state index in [0.717, 1.165) is 17.7 Å². The summed E-state index contributed by atoms with van der Waals surface area (Å²) in [7, 11) is 1.84. The van der Waals surface area contributed by atoms with Crippen LogP contribution in [-0.2, 0) is 13.5 Å². The number of hydrogen-bond acceptors (Lipinski definition) is 2. The van der Waals surface area contributed by atoms with E-state index in [1.807, 2.05) is 14.0 Å². The van der Waals surface area contributed by atoms with Crippen molar-refractivity contribution in [2.45, 2.75) is 13.3 Å². The van der Waals surface area contributed by atoms with Gasteiger partial charge in [0.15, 0.2) is 0 Å². The second kappa shape index (κ2) is 5.08. The van der Waals surface area contributed by atoms with Crippen LogP contribution >= 0.6 is 11.6 Å². The molecule has 0 aliphatic carbocycles. The lowest BCUT2D eigenvalue weighted by molar-refractivity contribution is 0.629. The monoisotopic (exact) mass is 267 g/mol. The smallest absolute Gasteiger partial charge is 0.132 e. The fraction of sp³-hybridized carbons (Fsp3) is 0.308. The molecule has 0 unspecified atom stereocenters. The molecule has 0 radical (unpaired) electrons. The SMILES string of the molecule is Cc1c(-c2cc(Cl)ccc2F)nn(C)c1CCN. The van der Waals surface area contributed by atoms with E-state index in [9.17, 15) is 4.39 Å². The Bertz CT molecular complexity index is 578. The molecule has 0 fully saturated rings. The fourth-order valence-electron chi connectivity index (χ4n) is 2.09. The number of nitrogens with zero attached hydrogens (tertiary/aromatic N) is 2. The van der Waals surface area contributed by atoms with E-state index in [-0.39, 0.29) is 5.82 Å². The van der Waals surface area contributed by atoms with Gasteiger partial charge in [-0.05, 0) is 37.2 Å². The molecule has 0 amide bonds. The first-order valence-electron chi connectivity index (χ1n) is 5.72. The van der Waals surface area contributed by atoms with Crippen molar-refractivity contribution in [3.8, 4) is 11.3 Å². The van der Waals surface area contributed by atoms with Crippen LogP contribution in [0.1, 0.15) is 11.3 Å². The van der Waals surface area contributed by atoms with E-state index in [2.05, 4.69) is 5.10 Å². The summed E-state index contributed by atoms with van der Waals surface area (Å²) in [6, 6.07) is 4.48. The van der Waals surface area contributed by atoms with Gasteiger partial charge in [-0.1, -0.05) is 11.6 Å². The lowest BCUT2D eigenvalue weighted by atomic mass is 10.1. The van der Waals surface area contributed by atoms with Crippen molar-refractivity contribution in [2.24, 2.45) is 12.8 Å². The van der Waals surface area contributed by atoms with Crippen LogP contribution in [0.4, 0.5) is 4.39 Å². The maximum Gasteiger partial charge on any atom is 0.132 e. The predicted octanol–water partition coefficient (Wildman–Crippen LogP) is 2.69. The van der Waals surface area contributed by atoms with Crippen molar-refractivity contribution in [2.75, 3.05) is 6.54 Å². The Morgan fingerprint density at radius 2 is 2.17 bits per heavy atom. The number of aryl methyl sites for hydroxylation is 1. The summed E-state index contributed by atoms with van der Waals surface area (Å²) in [4.78, 5) is 0. The molecule has 1 aromatic carbocycles. The van der Waals surface area contributed by atoms with Crippen molar-refractivity contribution in [3.05, 3.63) is 40.3 Å². The zero-order valence-electron chi connectivity index (χ0n) is 10.4. The molecule has 5 heteroatoms. The van der Waals surface area contributed by atoms with Crippen molar-refractivity contribution in [3.63, 3.8) is 0 Å². The number of rotatable bonds is 3. The Kier molecular flexibility index (Phi) is 3.68. The summed E-state index contributed by atoms with van der Waals surface area (Å²) in [5.41, 5.74) is 8.59. The number of halogens is 2. The third-order valence-electron chi connectivity index (χ3n) is 2.99. The lowest BCUT2D eigenvalue weighted by Gasteiger charge is -2.02. The summed E-state index contributed by atoms with van der Waals surface area (Å²) in [6.07, 6.45) is 0.720. The van der Waals surface area contributed by atoms with Crippen molar-refractivity contribution in [1.82, 2.24) is 9.78 Å². The molecule has 1 heterocycles. The zero-order chi connectivity index (χ0) is 13.3. The van der Waals surface area contributed by atoms with Crippen LogP contribution in [-0.4, -0.2) is 16.3 Å². The highest BCUT2D eigenvalue weighted by Crippen LogP contribution is 2.29. The number of benzene rings is 1. The van der Waals surface area contributed by atoms with Crippen molar-refractivity contribution >= 4 is 11.6 Å². The van der Waals surface area contributed by atoms with Gasteiger partial charge < -0.3 is 5.73 Å². The maximum atomic E-state index is 13.8. The minimum atomic E-state index is -0.320. The second-order valence-electron chi connectivity index (χ2n) is 4.21. The molecule has 0 atom stereocenters. The van der Waals surface area contributed by atoms with E-state index in [0.29, 0.717) is 22.8 Å². The van der Waals surface area contributed by atoms with Gasteiger partial charge >= 0.3 is 0 Å². The van der Waals surface area contributed by atoms with Gasteiger partial charge in [0.2, 0.25) is 0 Å². The van der Waals surface area contributed by atoms with E-state index < -0.39 is 0 Å². The third-order valence-corrected chi connectivity index (χ3v) is 3.23. The highest BCUT2D eigenvalue weighted by atomic mass is 35.5. The van der Waals surface area contributed by atoms with Gasteiger partial charge in [-0.2, -0.15) is 5.10 Å². The minimum Gasteiger partial charge on any atom is -0.330 e. The molecule has 0 aliphatic heterocycles. The average molecular weight is 268 g/mol. The van der Waals surface area contributed by atoms with Crippen LogP contribution in [0.15, 0.2) is 18.2 Å². The summed E-state index contributed by atoms with van der Waals surface area (Å²) in [6.45, 7) is 2.46. The largest absolute Gasteiger partial charge is 0.330 e. The van der Waals surface area contributed by atoms with Crippen LogP contribution in [0.2, 0.25) is 5.02 Å². The zero-order valence-corrected chi connectivity index (χ0v) is 11.1. The lowest BCUT2D eigenvalue weighted by Crippen LogP contribution is -2.08. The topological polar surface area (TPSA) is 43.8 Å². The van der Waals surface area contributed by atoms with Crippen LogP contribution in [0, 0.1) is 12.7 Å². The maximum absolute atomic E-state index is 13.8. The van der Waals surface area contributed by atoms with Gasteiger partial charge in [-0.25, -0.2) is 4.39 Å². The van der Waals surface area contributed by atoms with Crippen LogP contribution in [0.5, 0.6) is 0 Å². The highest BCUT2D eigenvalue weighted by molar-refractivity contribution is 6.30. The molecule has 1 aromatic heterocycles. The fourth-order valence-corrected chi connectivity index (χ4v) is 2.26. The van der Waals surface area contributed by atoms with Crippen molar-refractivity contribution < 1.29 is 4.39 Å². The van der Waals surface area contributed by atoms with E-state index in [1.54, 1.807) is 10.7 Å². The first kappa shape index (κ1) is 13.1. The van der Waals surface area contributed by atoms with Gasteiger partial charge in [0, 0.05) is 29.7 Å². The molecular weight excluding hydrogens is 253 g/mol. The number of aromatic nitrogens is 2. The predicted molar refractivity (Wildman–Crippen MR) is 71.1 cm³/mol. The molecule has 0 bridgehead atoms. The van der Waals surface area contributed by atoms with Gasteiger partial charge in [-0.3, -0.25) is 4.68 Å². The summed E-state index contributed by atoms with van der Waals surface area (Å²) < 4.78 is 15.6. The van der Waals surface area contributed by atoms with Gasteiger partial charge in [-0.15, -0.1) is 0 Å². The molecule has 2 rings (SSSR count). The first-order valence-corrected chi connectivity index (χ1v) is 6.10. The number of hydrogen-bond donors (Lipinski definition) is 1. The highest BCUT2D eigenvalue weighted by Gasteiger charge is 2.16. The summed E-state index contributed by atoms with van der Waals surface area (Å²) in [5.74, 6) is -0.320. The molecule has 0 aliphatic rings. The van der Waals surface area contributed by atoms with E-state index in [1.165, 1.54) is 12.1 Å². The molecule has 96 valence electrons. The van der Waals surface area contributed by atoms with E-state index >= 15 is 0 Å². The molecule has 0 saturated heterocycles. The number of nitrogens with two attached hydrogens (primary N) is 1. The van der Waals surface area contributed by atoms with Crippen LogP contribution in [0.25, 0.3) is 11.3 Å². The molecule has 3 nitrogen and oxygen atoms in total. The van der Waals surface area contributed by atoms with Gasteiger partial charge in [0.25, 0.3) is 0 Å². The van der Waals surface area contributed by atoms with Crippen molar-refractivity contribution in [1.29, 1.82) is 0 Å². The van der Waals surface area contributed by atoms with Crippen LogP contribution < -0.4 is 5.73 Å².